The molecule has 2 heterocycles. The van der Waals surface area contributed by atoms with E-state index in [0.717, 1.165) is 19.6 Å². The zero-order valence-corrected chi connectivity index (χ0v) is 9.10. The van der Waals surface area contributed by atoms with Gasteiger partial charge in [-0.2, -0.15) is 5.10 Å². The maximum atomic E-state index is 12.1. The fourth-order valence-electron chi connectivity index (χ4n) is 1.86. The molecule has 1 aromatic rings. The molecule has 1 saturated heterocycles. The third-order valence-corrected chi connectivity index (χ3v) is 2.70. The number of nitrogens with one attached hydrogen (secondary N) is 1. The number of hydrogen-bond acceptors (Lipinski definition) is 3. The lowest BCUT2D eigenvalue weighted by Gasteiger charge is -2.31. The molecule has 1 N–H and O–H groups in total. The number of nitrogens with zero attached hydrogens (tertiary/aromatic N) is 3. The van der Waals surface area contributed by atoms with Crippen molar-refractivity contribution < 1.29 is 4.79 Å². The van der Waals surface area contributed by atoms with Gasteiger partial charge in [0.05, 0.1) is 0 Å². The van der Waals surface area contributed by atoms with Crippen LogP contribution in [0.25, 0.3) is 0 Å². The van der Waals surface area contributed by atoms with Gasteiger partial charge in [-0.25, -0.2) is 0 Å². The summed E-state index contributed by atoms with van der Waals surface area (Å²) in [5, 5.41) is 7.32. The van der Waals surface area contributed by atoms with Gasteiger partial charge in [-0.1, -0.05) is 0 Å². The Morgan fingerprint density at radius 3 is 3.07 bits per heavy atom. The second-order valence-corrected chi connectivity index (χ2v) is 3.95. The lowest BCUT2D eigenvalue weighted by Crippen LogP contribution is -2.51. The molecule has 0 aliphatic carbocycles. The molecule has 0 unspecified atom stereocenters. The Hall–Kier alpha value is -1.36. The average Bonchev–Trinajstić information content (AvgIpc) is 2.63. The topological polar surface area (TPSA) is 50.2 Å². The van der Waals surface area contributed by atoms with E-state index in [1.165, 1.54) is 0 Å². The number of rotatable bonds is 1. The summed E-state index contributed by atoms with van der Waals surface area (Å²) in [6.45, 7) is 4.49. The van der Waals surface area contributed by atoms with Gasteiger partial charge in [-0.15, -0.1) is 0 Å². The summed E-state index contributed by atoms with van der Waals surface area (Å²) in [7, 11) is 1.79. The van der Waals surface area contributed by atoms with Crippen LogP contribution in [0.1, 0.15) is 17.4 Å². The molecule has 0 radical (unpaired) electrons. The van der Waals surface area contributed by atoms with Gasteiger partial charge in [0.15, 0.2) is 0 Å². The largest absolute Gasteiger partial charge is 0.335 e. The van der Waals surface area contributed by atoms with E-state index in [1.807, 2.05) is 4.90 Å². The first-order valence-corrected chi connectivity index (χ1v) is 5.19. The summed E-state index contributed by atoms with van der Waals surface area (Å²) < 4.78 is 1.62. The van der Waals surface area contributed by atoms with Crippen LogP contribution in [0.2, 0.25) is 0 Å². The first-order valence-electron chi connectivity index (χ1n) is 5.19. The minimum absolute atomic E-state index is 0.0725. The van der Waals surface area contributed by atoms with Crippen molar-refractivity contribution in [3.63, 3.8) is 0 Å². The van der Waals surface area contributed by atoms with E-state index in [-0.39, 0.29) is 5.91 Å². The summed E-state index contributed by atoms with van der Waals surface area (Å²) in [6.07, 6.45) is 1.65. The molecule has 5 heteroatoms. The molecule has 1 aliphatic rings. The van der Waals surface area contributed by atoms with E-state index < -0.39 is 0 Å². The number of aromatic nitrogens is 2. The van der Waals surface area contributed by atoms with Crippen LogP contribution >= 0.6 is 0 Å². The van der Waals surface area contributed by atoms with E-state index in [0.29, 0.717) is 11.7 Å². The third-order valence-electron chi connectivity index (χ3n) is 2.70. The highest BCUT2D eigenvalue weighted by Crippen LogP contribution is 2.06. The maximum absolute atomic E-state index is 12.1. The van der Waals surface area contributed by atoms with Crippen molar-refractivity contribution in [2.75, 3.05) is 19.6 Å². The molecule has 0 spiro atoms. The Bertz CT molecular complexity index is 360. The van der Waals surface area contributed by atoms with Crippen molar-refractivity contribution in [1.82, 2.24) is 20.0 Å². The molecule has 0 aromatic carbocycles. The number of amides is 1. The molecule has 1 amide bonds. The van der Waals surface area contributed by atoms with Gasteiger partial charge in [0, 0.05) is 38.9 Å². The minimum atomic E-state index is 0.0725. The van der Waals surface area contributed by atoms with Gasteiger partial charge in [0.2, 0.25) is 0 Å². The number of hydrogen-bond donors (Lipinski definition) is 1. The summed E-state index contributed by atoms with van der Waals surface area (Å²) in [5.41, 5.74) is 0.657. The van der Waals surface area contributed by atoms with Crippen molar-refractivity contribution >= 4 is 5.91 Å². The molecular weight excluding hydrogens is 192 g/mol. The Kier molecular flexibility index (Phi) is 2.73. The van der Waals surface area contributed by atoms with Crippen LogP contribution in [0.4, 0.5) is 0 Å². The summed E-state index contributed by atoms with van der Waals surface area (Å²) in [6, 6.07) is 2.13. The van der Waals surface area contributed by atoms with Crippen LogP contribution in [-0.4, -0.2) is 46.3 Å². The highest BCUT2D eigenvalue weighted by Gasteiger charge is 2.23. The Morgan fingerprint density at radius 1 is 1.67 bits per heavy atom. The lowest BCUT2D eigenvalue weighted by molar-refractivity contribution is 0.0698. The van der Waals surface area contributed by atoms with Crippen LogP contribution in [0.15, 0.2) is 12.3 Å². The predicted octanol–water partition coefficient (Wildman–Crippen LogP) is -0.146. The minimum Gasteiger partial charge on any atom is -0.335 e. The standard InChI is InChI=1S/C10H16N4O/c1-8-7-14(6-5-11-8)10(15)9-3-4-12-13(9)2/h3-4,8,11H,5-7H2,1-2H3/t8-/m0/s1. The second-order valence-electron chi connectivity index (χ2n) is 3.95. The van der Waals surface area contributed by atoms with Gasteiger partial charge in [0.25, 0.3) is 5.91 Å². The third kappa shape index (κ3) is 2.02. The van der Waals surface area contributed by atoms with Crippen LogP contribution in [-0.2, 0) is 7.05 Å². The SMILES string of the molecule is C[C@H]1CN(C(=O)c2ccnn2C)CCN1. The first-order chi connectivity index (χ1) is 7.18. The molecule has 0 bridgehead atoms. The highest BCUT2D eigenvalue weighted by atomic mass is 16.2. The zero-order chi connectivity index (χ0) is 10.8. The number of carbonyl (C=O) groups is 1. The van der Waals surface area contributed by atoms with Crippen LogP contribution in [0.3, 0.4) is 0 Å². The fraction of sp³-hybridized carbons (Fsp3) is 0.600. The van der Waals surface area contributed by atoms with Crippen molar-refractivity contribution in [2.24, 2.45) is 7.05 Å². The van der Waals surface area contributed by atoms with Crippen LogP contribution < -0.4 is 5.32 Å². The molecule has 15 heavy (non-hydrogen) atoms. The fourth-order valence-corrected chi connectivity index (χ4v) is 1.86. The molecule has 1 aliphatic heterocycles. The van der Waals surface area contributed by atoms with Crippen molar-refractivity contribution in [3.05, 3.63) is 18.0 Å². The van der Waals surface area contributed by atoms with Gasteiger partial charge in [-0.3, -0.25) is 9.48 Å². The molecule has 1 aromatic heterocycles. The first kappa shape index (κ1) is 10.2. The number of carbonyl (C=O) groups excluding carboxylic acids is 1. The van der Waals surface area contributed by atoms with Gasteiger partial charge in [0.1, 0.15) is 5.69 Å². The second kappa shape index (κ2) is 4.02. The van der Waals surface area contributed by atoms with Crippen LogP contribution in [0, 0.1) is 0 Å². The van der Waals surface area contributed by atoms with Crippen molar-refractivity contribution in [2.45, 2.75) is 13.0 Å². The van der Waals surface area contributed by atoms with E-state index >= 15 is 0 Å². The average molecular weight is 208 g/mol. The maximum Gasteiger partial charge on any atom is 0.272 e. The predicted molar refractivity (Wildman–Crippen MR) is 56.6 cm³/mol. The zero-order valence-electron chi connectivity index (χ0n) is 9.10. The summed E-state index contributed by atoms with van der Waals surface area (Å²) in [5.74, 6) is 0.0725. The normalized spacial score (nSPS) is 21.7. The van der Waals surface area contributed by atoms with Gasteiger partial charge in [-0.05, 0) is 13.0 Å². The molecule has 0 saturated carbocycles. The lowest BCUT2D eigenvalue weighted by atomic mass is 10.2. The van der Waals surface area contributed by atoms with E-state index in [2.05, 4.69) is 17.3 Å². The van der Waals surface area contributed by atoms with Crippen LogP contribution in [0.5, 0.6) is 0 Å². The Labute approximate surface area is 89.1 Å². The molecule has 2 rings (SSSR count). The molecule has 5 nitrogen and oxygen atoms in total. The quantitative estimate of drug-likeness (QED) is 0.698. The monoisotopic (exact) mass is 208 g/mol. The van der Waals surface area contributed by atoms with Crippen molar-refractivity contribution in [3.8, 4) is 0 Å². The number of aryl methyl sites for hydroxylation is 1. The Balaban J connectivity index is 2.11. The van der Waals surface area contributed by atoms with Gasteiger partial charge >= 0.3 is 0 Å². The molecular formula is C10H16N4O. The van der Waals surface area contributed by atoms with E-state index in [4.69, 9.17) is 0 Å². The van der Waals surface area contributed by atoms with Crippen molar-refractivity contribution in [1.29, 1.82) is 0 Å². The molecule has 82 valence electrons. The Morgan fingerprint density at radius 2 is 2.47 bits per heavy atom. The molecule has 1 atom stereocenters. The van der Waals surface area contributed by atoms with E-state index in [9.17, 15) is 4.79 Å². The summed E-state index contributed by atoms with van der Waals surface area (Å²) in [4.78, 5) is 13.9. The summed E-state index contributed by atoms with van der Waals surface area (Å²) >= 11 is 0. The molecule has 1 fully saturated rings. The highest BCUT2D eigenvalue weighted by molar-refractivity contribution is 5.92. The van der Waals surface area contributed by atoms with Gasteiger partial charge < -0.3 is 10.2 Å². The smallest absolute Gasteiger partial charge is 0.272 e. The van der Waals surface area contributed by atoms with E-state index in [1.54, 1.807) is 24.0 Å². The number of piperazine rings is 1.